The summed E-state index contributed by atoms with van der Waals surface area (Å²) < 4.78 is 6.73. The molecule has 0 unspecified atom stereocenters. The predicted molar refractivity (Wildman–Crippen MR) is 116 cm³/mol. The summed E-state index contributed by atoms with van der Waals surface area (Å²) in [5, 5.41) is 8.56. The minimum atomic E-state index is -0.219. The number of rotatable bonds is 5. The Morgan fingerprint density at radius 1 is 0.933 bits per heavy atom. The zero-order valence-corrected chi connectivity index (χ0v) is 17.6. The summed E-state index contributed by atoms with van der Waals surface area (Å²) in [5.74, 6) is 1.30. The molecule has 30 heavy (non-hydrogen) atoms. The molecule has 2 aromatic carbocycles. The quantitative estimate of drug-likeness (QED) is 0.483. The molecule has 0 spiro atoms. The Bertz CT molecular complexity index is 1240. The third-order valence-electron chi connectivity index (χ3n) is 5.26. The van der Waals surface area contributed by atoms with Crippen LogP contribution in [-0.4, -0.2) is 19.9 Å². The minimum Gasteiger partial charge on any atom is -0.337 e. The maximum absolute atomic E-state index is 12.3. The van der Waals surface area contributed by atoms with E-state index in [-0.39, 0.29) is 12.1 Å². The van der Waals surface area contributed by atoms with Crippen LogP contribution in [0.2, 0.25) is 0 Å². The predicted octanol–water partition coefficient (Wildman–Crippen LogP) is 4.75. The first-order valence-corrected chi connectivity index (χ1v) is 9.99. The van der Waals surface area contributed by atoms with Crippen LogP contribution in [0.1, 0.15) is 42.3 Å². The van der Waals surface area contributed by atoms with Gasteiger partial charge in [0.2, 0.25) is 11.7 Å². The summed E-state index contributed by atoms with van der Waals surface area (Å²) in [5.41, 5.74) is 5.96. The van der Waals surface area contributed by atoms with Gasteiger partial charge in [-0.2, -0.15) is 10.1 Å². The lowest BCUT2D eigenvalue weighted by molar-refractivity contribution is 0.363. The van der Waals surface area contributed by atoms with E-state index in [1.807, 2.05) is 37.3 Å². The van der Waals surface area contributed by atoms with E-state index in [9.17, 15) is 4.79 Å². The molecule has 0 N–H and O–H groups in total. The van der Waals surface area contributed by atoms with Crippen LogP contribution in [0, 0.1) is 13.8 Å². The van der Waals surface area contributed by atoms with Crippen molar-refractivity contribution in [2.45, 2.75) is 40.2 Å². The van der Waals surface area contributed by atoms with E-state index < -0.39 is 0 Å². The van der Waals surface area contributed by atoms with E-state index in [0.29, 0.717) is 17.6 Å². The first-order valence-electron chi connectivity index (χ1n) is 9.99. The van der Waals surface area contributed by atoms with Gasteiger partial charge in [-0.3, -0.25) is 4.79 Å². The molecule has 0 atom stereocenters. The van der Waals surface area contributed by atoms with Crippen molar-refractivity contribution in [3.05, 3.63) is 87.5 Å². The lowest BCUT2D eigenvalue weighted by Crippen LogP contribution is -2.23. The molecule has 152 valence electrons. The van der Waals surface area contributed by atoms with Gasteiger partial charge in [0.25, 0.3) is 5.56 Å². The van der Waals surface area contributed by atoms with Gasteiger partial charge >= 0.3 is 0 Å². The van der Waals surface area contributed by atoms with Gasteiger partial charge in [-0.15, -0.1) is 0 Å². The fourth-order valence-corrected chi connectivity index (χ4v) is 3.20. The number of aromatic nitrogens is 4. The molecule has 0 saturated heterocycles. The number of aryl methyl sites for hydroxylation is 2. The highest BCUT2D eigenvalue weighted by Crippen LogP contribution is 2.21. The second-order valence-electron chi connectivity index (χ2n) is 7.80. The summed E-state index contributed by atoms with van der Waals surface area (Å²) >= 11 is 0. The monoisotopic (exact) mass is 400 g/mol. The molecule has 2 heterocycles. The zero-order valence-electron chi connectivity index (χ0n) is 17.6. The highest BCUT2D eigenvalue weighted by molar-refractivity contribution is 5.59. The summed E-state index contributed by atoms with van der Waals surface area (Å²) in [6.07, 6.45) is 0. The molecule has 0 fully saturated rings. The molecule has 2 aromatic heterocycles. The van der Waals surface area contributed by atoms with E-state index in [1.165, 1.54) is 21.9 Å². The van der Waals surface area contributed by atoms with Crippen LogP contribution in [0.5, 0.6) is 0 Å². The third kappa shape index (κ3) is 4.08. The van der Waals surface area contributed by atoms with Gasteiger partial charge in [0.15, 0.2) is 0 Å². The highest BCUT2D eigenvalue weighted by Gasteiger charge is 2.12. The molecule has 0 radical (unpaired) electrons. The maximum Gasteiger partial charge on any atom is 0.267 e. The van der Waals surface area contributed by atoms with Crippen LogP contribution in [0.4, 0.5) is 0 Å². The molecule has 4 aromatic rings. The van der Waals surface area contributed by atoms with Crippen molar-refractivity contribution in [1.29, 1.82) is 0 Å². The molecule has 0 aliphatic rings. The number of nitrogens with zero attached hydrogens (tertiary/aromatic N) is 4. The number of benzene rings is 2. The van der Waals surface area contributed by atoms with Crippen molar-refractivity contribution in [2.75, 3.05) is 0 Å². The van der Waals surface area contributed by atoms with E-state index in [0.717, 1.165) is 22.4 Å². The molecule has 0 amide bonds. The van der Waals surface area contributed by atoms with Crippen molar-refractivity contribution in [3.8, 4) is 22.6 Å². The zero-order chi connectivity index (χ0) is 21.3. The van der Waals surface area contributed by atoms with E-state index in [4.69, 9.17) is 4.52 Å². The third-order valence-corrected chi connectivity index (χ3v) is 5.26. The van der Waals surface area contributed by atoms with Crippen molar-refractivity contribution in [1.82, 2.24) is 19.9 Å². The standard InChI is InChI=1S/C24H24N4O2/c1-15(2)18-7-9-19(10-8-18)21-11-12-23(29)28(26-21)14-22-25-24(27-30-22)20-6-5-16(3)17(4)13-20/h5-13,15H,14H2,1-4H3. The lowest BCUT2D eigenvalue weighted by Gasteiger charge is -2.08. The van der Waals surface area contributed by atoms with Gasteiger partial charge in [0, 0.05) is 17.2 Å². The Morgan fingerprint density at radius 3 is 2.37 bits per heavy atom. The Labute approximate surface area is 175 Å². The van der Waals surface area contributed by atoms with E-state index >= 15 is 0 Å². The fourth-order valence-electron chi connectivity index (χ4n) is 3.20. The molecule has 4 rings (SSSR count). The maximum atomic E-state index is 12.3. The average molecular weight is 400 g/mol. The fraction of sp³-hybridized carbons (Fsp3) is 0.250. The van der Waals surface area contributed by atoms with Crippen LogP contribution < -0.4 is 5.56 Å². The molecular weight excluding hydrogens is 376 g/mol. The Balaban J connectivity index is 1.59. The Kier molecular flexibility index (Phi) is 5.31. The topological polar surface area (TPSA) is 73.8 Å². The van der Waals surface area contributed by atoms with Crippen molar-refractivity contribution in [3.63, 3.8) is 0 Å². The highest BCUT2D eigenvalue weighted by atomic mass is 16.5. The van der Waals surface area contributed by atoms with Crippen molar-refractivity contribution in [2.24, 2.45) is 0 Å². The van der Waals surface area contributed by atoms with Gasteiger partial charge in [-0.05, 0) is 48.6 Å². The van der Waals surface area contributed by atoms with Crippen LogP contribution >= 0.6 is 0 Å². The SMILES string of the molecule is Cc1ccc(-c2noc(Cn3nc(-c4ccc(C(C)C)cc4)ccc3=O)n2)cc1C. The van der Waals surface area contributed by atoms with Gasteiger partial charge in [0.05, 0.1) is 5.69 Å². The number of hydrogen-bond donors (Lipinski definition) is 0. The minimum absolute atomic E-state index is 0.120. The van der Waals surface area contributed by atoms with E-state index in [2.05, 4.69) is 48.1 Å². The largest absolute Gasteiger partial charge is 0.337 e. The summed E-state index contributed by atoms with van der Waals surface area (Å²) in [6, 6.07) is 17.5. The average Bonchev–Trinajstić information content (AvgIpc) is 3.20. The summed E-state index contributed by atoms with van der Waals surface area (Å²) in [6.45, 7) is 8.54. The molecular formula is C24H24N4O2. The van der Waals surface area contributed by atoms with Gasteiger partial charge in [-0.25, -0.2) is 4.68 Å². The first kappa shape index (κ1) is 19.8. The second kappa shape index (κ2) is 8.06. The van der Waals surface area contributed by atoms with Gasteiger partial charge in [-0.1, -0.05) is 55.4 Å². The van der Waals surface area contributed by atoms with Crippen LogP contribution in [0.3, 0.4) is 0 Å². The number of hydrogen-bond acceptors (Lipinski definition) is 5. The molecule has 0 bridgehead atoms. The summed E-state index contributed by atoms with van der Waals surface area (Å²) in [7, 11) is 0. The van der Waals surface area contributed by atoms with Crippen LogP contribution in [0.15, 0.2) is 63.9 Å². The van der Waals surface area contributed by atoms with Crippen LogP contribution in [-0.2, 0) is 6.54 Å². The Morgan fingerprint density at radius 2 is 1.67 bits per heavy atom. The molecule has 0 aliphatic carbocycles. The van der Waals surface area contributed by atoms with Crippen molar-refractivity contribution < 1.29 is 4.52 Å². The molecule has 6 heteroatoms. The normalized spacial score (nSPS) is 11.2. The molecule has 0 aliphatic heterocycles. The van der Waals surface area contributed by atoms with E-state index in [1.54, 1.807) is 6.07 Å². The second-order valence-corrected chi connectivity index (χ2v) is 7.80. The van der Waals surface area contributed by atoms with Gasteiger partial charge < -0.3 is 4.52 Å². The smallest absolute Gasteiger partial charge is 0.267 e. The first-order chi connectivity index (χ1) is 14.4. The van der Waals surface area contributed by atoms with Crippen molar-refractivity contribution >= 4 is 0 Å². The molecule has 6 nitrogen and oxygen atoms in total. The van der Waals surface area contributed by atoms with Crippen LogP contribution in [0.25, 0.3) is 22.6 Å². The van der Waals surface area contributed by atoms with Gasteiger partial charge in [0.1, 0.15) is 6.54 Å². The Hall–Kier alpha value is -3.54. The summed E-state index contributed by atoms with van der Waals surface area (Å²) in [4.78, 5) is 16.8. The molecule has 0 saturated carbocycles. The lowest BCUT2D eigenvalue weighted by atomic mass is 10.0.